The minimum atomic E-state index is 0.590. The number of rotatable bonds is 16. The van der Waals surface area contributed by atoms with E-state index in [-0.39, 0.29) is 0 Å². The molecule has 270 valence electrons. The Labute approximate surface area is 326 Å². The van der Waals surface area contributed by atoms with Gasteiger partial charge in [0.1, 0.15) is 11.5 Å². The molecule has 0 aliphatic rings. The molecular weight excluding hydrogens is 776 g/mol. The van der Waals surface area contributed by atoms with Crippen molar-refractivity contribution in [2.45, 2.75) is 79.1 Å². The molecule has 0 spiro atoms. The van der Waals surface area contributed by atoms with Crippen LogP contribution < -0.4 is 18.9 Å². The number of benzene rings is 5. The second-order valence-corrected chi connectivity index (χ2v) is 14.5. The molecule has 0 saturated carbocycles. The first-order chi connectivity index (χ1) is 25.4. The van der Waals surface area contributed by atoms with Crippen LogP contribution >= 0.6 is 31.9 Å². The van der Waals surface area contributed by atoms with Gasteiger partial charge in [-0.15, -0.1) is 0 Å². The zero-order chi connectivity index (χ0) is 36.7. The van der Waals surface area contributed by atoms with E-state index >= 15 is 0 Å². The highest BCUT2D eigenvalue weighted by molar-refractivity contribution is 9.10. The molecule has 0 atom stereocenters. The Kier molecular flexibility index (Phi) is 15.2. The van der Waals surface area contributed by atoms with Crippen LogP contribution in [0.1, 0.15) is 101 Å². The van der Waals surface area contributed by atoms with E-state index in [1.54, 1.807) is 0 Å². The van der Waals surface area contributed by atoms with E-state index in [0.717, 1.165) is 140 Å². The fourth-order valence-corrected chi connectivity index (χ4v) is 6.43. The van der Waals surface area contributed by atoms with E-state index in [4.69, 9.17) is 18.9 Å². The molecule has 0 radical (unpaired) electrons. The van der Waals surface area contributed by atoms with Gasteiger partial charge in [0.25, 0.3) is 0 Å². The molecule has 0 unspecified atom stereocenters. The molecule has 0 bridgehead atoms. The summed E-state index contributed by atoms with van der Waals surface area (Å²) in [6.07, 6.45) is 8.23. The van der Waals surface area contributed by atoms with Gasteiger partial charge in [0.05, 0.1) is 26.4 Å². The Bertz CT molecular complexity index is 1910. The normalized spacial score (nSPS) is 10.7. The van der Waals surface area contributed by atoms with Crippen molar-refractivity contribution < 1.29 is 18.9 Å². The number of ether oxygens (including phenoxy) is 4. The van der Waals surface area contributed by atoms with Crippen LogP contribution in [0.15, 0.2) is 81.7 Å². The number of unbranched alkanes of at least 4 members (excludes halogenated alkanes) is 4. The fourth-order valence-electron chi connectivity index (χ4n) is 5.54. The minimum Gasteiger partial charge on any atom is -0.494 e. The third-order valence-electron chi connectivity index (χ3n) is 8.61. The molecular formula is C46H48Br2O4. The predicted octanol–water partition coefficient (Wildman–Crippen LogP) is 13.0. The van der Waals surface area contributed by atoms with Gasteiger partial charge in [0, 0.05) is 42.0 Å². The standard InChI is InChI=1S/C46H48Br2O4/c1-5-9-25-49-37-21-15-33(16-22-37)13-19-35-29-41-39(31-43(35)47)40-32-44(48)36(20-14-34-17-23-38(24-18-34)50-26-10-6-2)30-42(40)46(52-28-12-8-4)45(41)51-27-11-7-3/h15-18,21-24,29-32H,5-12,25-28H2,1-4H3. The molecule has 0 amide bonds. The predicted molar refractivity (Wildman–Crippen MR) is 223 cm³/mol. The van der Waals surface area contributed by atoms with Crippen LogP contribution in [0, 0.1) is 23.7 Å². The molecule has 0 fully saturated rings. The maximum absolute atomic E-state index is 6.62. The third kappa shape index (κ3) is 10.5. The summed E-state index contributed by atoms with van der Waals surface area (Å²) in [5.74, 6) is 16.7. The van der Waals surface area contributed by atoms with Crippen molar-refractivity contribution in [3.05, 3.63) is 104 Å². The van der Waals surface area contributed by atoms with Crippen LogP contribution in [0.4, 0.5) is 0 Å². The van der Waals surface area contributed by atoms with Gasteiger partial charge in [-0.1, -0.05) is 77.1 Å². The number of fused-ring (bicyclic) bond motifs is 3. The third-order valence-corrected chi connectivity index (χ3v) is 9.93. The zero-order valence-corrected chi connectivity index (χ0v) is 34.0. The highest BCUT2D eigenvalue weighted by Gasteiger charge is 2.20. The summed E-state index contributed by atoms with van der Waals surface area (Å²) in [4.78, 5) is 0. The SMILES string of the molecule is CCCCOc1ccc(C#Cc2cc3c(OCCCC)c(OCCCC)c4cc(C#Cc5ccc(OCCCC)cc5)c(Br)cc4c3cc2Br)cc1. The molecule has 5 aromatic rings. The van der Waals surface area contributed by atoms with E-state index in [1.165, 1.54) is 0 Å². The maximum Gasteiger partial charge on any atom is 0.169 e. The lowest BCUT2D eigenvalue weighted by atomic mass is 9.96. The van der Waals surface area contributed by atoms with Crippen molar-refractivity contribution >= 4 is 53.4 Å². The van der Waals surface area contributed by atoms with Gasteiger partial charge in [0.15, 0.2) is 11.5 Å². The summed E-state index contributed by atoms with van der Waals surface area (Å²) in [5, 5.41) is 4.03. The Morgan fingerprint density at radius 2 is 0.769 bits per heavy atom. The van der Waals surface area contributed by atoms with Gasteiger partial charge in [-0.3, -0.25) is 0 Å². The fraction of sp³-hybridized carbons (Fsp3) is 0.348. The Morgan fingerprint density at radius 3 is 1.12 bits per heavy atom. The first-order valence-electron chi connectivity index (χ1n) is 18.6. The molecule has 6 heteroatoms. The molecule has 52 heavy (non-hydrogen) atoms. The molecule has 0 aliphatic heterocycles. The number of hydrogen-bond acceptors (Lipinski definition) is 4. The van der Waals surface area contributed by atoms with E-state index in [9.17, 15) is 0 Å². The average Bonchev–Trinajstić information content (AvgIpc) is 3.15. The van der Waals surface area contributed by atoms with Gasteiger partial charge >= 0.3 is 0 Å². The highest BCUT2D eigenvalue weighted by Crippen LogP contribution is 2.46. The average molecular weight is 825 g/mol. The van der Waals surface area contributed by atoms with Crippen molar-refractivity contribution in [1.29, 1.82) is 0 Å². The lowest BCUT2D eigenvalue weighted by Gasteiger charge is -2.20. The van der Waals surface area contributed by atoms with Gasteiger partial charge in [-0.05, 0) is 141 Å². The number of halogens is 2. The molecule has 0 saturated heterocycles. The summed E-state index contributed by atoms with van der Waals surface area (Å²) < 4.78 is 26.7. The smallest absolute Gasteiger partial charge is 0.169 e. The van der Waals surface area contributed by atoms with Crippen LogP contribution in [0.3, 0.4) is 0 Å². The van der Waals surface area contributed by atoms with E-state index in [2.05, 4.69) is 108 Å². The Hall–Kier alpha value is -4.10. The van der Waals surface area contributed by atoms with E-state index < -0.39 is 0 Å². The van der Waals surface area contributed by atoms with Crippen molar-refractivity contribution in [2.24, 2.45) is 0 Å². The second kappa shape index (κ2) is 20.2. The first kappa shape index (κ1) is 39.1. The van der Waals surface area contributed by atoms with Crippen molar-refractivity contribution in [2.75, 3.05) is 26.4 Å². The lowest BCUT2D eigenvalue weighted by Crippen LogP contribution is -2.04. The quantitative estimate of drug-likeness (QED) is 0.0564. The first-order valence-corrected chi connectivity index (χ1v) is 20.2. The van der Waals surface area contributed by atoms with Gasteiger partial charge in [-0.2, -0.15) is 0 Å². The highest BCUT2D eigenvalue weighted by atomic mass is 79.9. The molecule has 0 heterocycles. The molecule has 0 aliphatic carbocycles. The Balaban J connectivity index is 1.59. The summed E-state index contributed by atoms with van der Waals surface area (Å²) in [6, 6.07) is 24.5. The van der Waals surface area contributed by atoms with Crippen molar-refractivity contribution in [1.82, 2.24) is 0 Å². The maximum atomic E-state index is 6.62. The largest absolute Gasteiger partial charge is 0.494 e. The molecule has 4 nitrogen and oxygen atoms in total. The van der Waals surface area contributed by atoms with Crippen LogP contribution in [0.2, 0.25) is 0 Å². The summed E-state index contributed by atoms with van der Waals surface area (Å²) >= 11 is 7.70. The molecule has 5 rings (SSSR count). The lowest BCUT2D eigenvalue weighted by molar-refractivity contribution is 0.267. The van der Waals surface area contributed by atoms with Crippen LogP contribution in [0.25, 0.3) is 21.5 Å². The molecule has 5 aromatic carbocycles. The minimum absolute atomic E-state index is 0.590. The van der Waals surface area contributed by atoms with Crippen molar-refractivity contribution in [3.8, 4) is 46.7 Å². The summed E-state index contributed by atoms with van der Waals surface area (Å²) in [5.41, 5.74) is 3.59. The van der Waals surface area contributed by atoms with E-state index in [1.807, 2.05) is 48.5 Å². The van der Waals surface area contributed by atoms with Crippen LogP contribution in [-0.4, -0.2) is 26.4 Å². The van der Waals surface area contributed by atoms with Crippen molar-refractivity contribution in [3.63, 3.8) is 0 Å². The van der Waals surface area contributed by atoms with Gasteiger partial charge in [0.2, 0.25) is 0 Å². The second-order valence-electron chi connectivity index (χ2n) is 12.8. The van der Waals surface area contributed by atoms with Gasteiger partial charge in [-0.25, -0.2) is 0 Å². The zero-order valence-electron chi connectivity index (χ0n) is 30.8. The van der Waals surface area contributed by atoms with E-state index in [0.29, 0.717) is 13.2 Å². The molecule has 0 aromatic heterocycles. The molecule has 0 N–H and O–H groups in total. The monoisotopic (exact) mass is 822 g/mol. The summed E-state index contributed by atoms with van der Waals surface area (Å²) in [6.45, 7) is 11.3. The van der Waals surface area contributed by atoms with Gasteiger partial charge < -0.3 is 18.9 Å². The number of hydrogen-bond donors (Lipinski definition) is 0. The summed E-state index contributed by atoms with van der Waals surface area (Å²) in [7, 11) is 0. The topological polar surface area (TPSA) is 36.9 Å². The van der Waals surface area contributed by atoms with Crippen LogP contribution in [-0.2, 0) is 0 Å². The van der Waals surface area contributed by atoms with Crippen LogP contribution in [0.5, 0.6) is 23.0 Å². The Morgan fingerprint density at radius 1 is 0.423 bits per heavy atom.